The molecule has 166 valence electrons. The summed E-state index contributed by atoms with van der Waals surface area (Å²) < 4.78 is 43.2. The highest BCUT2D eigenvalue weighted by atomic mass is 19.4. The molecule has 0 aliphatic carbocycles. The van der Waals surface area contributed by atoms with E-state index in [9.17, 15) is 13.2 Å². The monoisotopic (exact) mass is 425 g/mol. The molecule has 0 bridgehead atoms. The Morgan fingerprint density at radius 1 is 1.13 bits per heavy atom. The Hall–Kier alpha value is -2.55. The lowest BCUT2D eigenvalue weighted by atomic mass is 10.1. The van der Waals surface area contributed by atoms with Crippen molar-refractivity contribution in [2.24, 2.45) is 4.99 Å². The van der Waals surface area contributed by atoms with Gasteiger partial charge in [0.25, 0.3) is 0 Å². The Morgan fingerprint density at radius 3 is 2.50 bits per heavy atom. The number of imidazole rings is 1. The van der Waals surface area contributed by atoms with Gasteiger partial charge in [-0.25, -0.2) is 9.98 Å². The molecule has 2 aromatic rings. The van der Waals surface area contributed by atoms with Gasteiger partial charge in [0.15, 0.2) is 5.96 Å². The average molecular weight is 425 g/mol. The highest BCUT2D eigenvalue weighted by Crippen LogP contribution is 2.16. The van der Waals surface area contributed by atoms with Crippen molar-refractivity contribution >= 4 is 5.96 Å². The number of guanidine groups is 1. The summed E-state index contributed by atoms with van der Waals surface area (Å²) in [5.41, 5.74) is 1.67. The molecule has 9 heteroatoms. The molecule has 0 radical (unpaired) electrons. The van der Waals surface area contributed by atoms with E-state index in [4.69, 9.17) is 0 Å². The number of ether oxygens (including phenoxy) is 1. The first kappa shape index (κ1) is 23.7. The number of alkyl halides is 3. The molecule has 1 heterocycles. The normalized spacial score (nSPS) is 12.2. The predicted octanol–water partition coefficient (Wildman–Crippen LogP) is 3.81. The Morgan fingerprint density at radius 2 is 1.87 bits per heavy atom. The second-order valence-electron chi connectivity index (χ2n) is 6.92. The van der Waals surface area contributed by atoms with E-state index in [2.05, 4.69) is 29.9 Å². The van der Waals surface area contributed by atoms with Gasteiger partial charge in [-0.05, 0) is 37.8 Å². The topological polar surface area (TPSA) is 63.5 Å². The molecular weight excluding hydrogens is 395 g/mol. The summed E-state index contributed by atoms with van der Waals surface area (Å²) in [5, 5.41) is 6.54. The lowest BCUT2D eigenvalue weighted by molar-refractivity contribution is -0.176. The van der Waals surface area contributed by atoms with E-state index in [-0.39, 0.29) is 6.61 Å². The summed E-state index contributed by atoms with van der Waals surface area (Å²) in [6.07, 6.45) is 1.55. The van der Waals surface area contributed by atoms with Crippen LogP contribution < -0.4 is 10.6 Å². The maximum absolute atomic E-state index is 12.1. The summed E-state index contributed by atoms with van der Waals surface area (Å²) in [7, 11) is 0. The molecule has 0 aliphatic heterocycles. The number of halogens is 3. The van der Waals surface area contributed by atoms with Crippen molar-refractivity contribution < 1.29 is 17.9 Å². The zero-order chi connectivity index (χ0) is 21.8. The van der Waals surface area contributed by atoms with Crippen molar-refractivity contribution in [2.45, 2.75) is 52.6 Å². The molecule has 0 fully saturated rings. The number of unbranched alkanes of at least 4 members (excludes halogenated alkanes) is 1. The molecule has 30 heavy (non-hydrogen) atoms. The van der Waals surface area contributed by atoms with E-state index in [0.29, 0.717) is 12.1 Å². The number of aromatic nitrogens is 2. The van der Waals surface area contributed by atoms with Crippen LogP contribution in [0.3, 0.4) is 0 Å². The highest BCUT2D eigenvalue weighted by molar-refractivity contribution is 5.79. The maximum Gasteiger partial charge on any atom is 0.411 e. The van der Waals surface area contributed by atoms with Gasteiger partial charge in [-0.15, -0.1) is 0 Å². The van der Waals surface area contributed by atoms with Crippen molar-refractivity contribution in [2.75, 3.05) is 19.7 Å². The number of nitrogens with one attached hydrogen (secondary N) is 2. The van der Waals surface area contributed by atoms with Crippen LogP contribution in [0.25, 0.3) is 0 Å². The molecule has 6 nitrogen and oxygen atoms in total. The fourth-order valence-electron chi connectivity index (χ4n) is 2.79. The van der Waals surface area contributed by atoms with Crippen molar-refractivity contribution in [3.05, 3.63) is 53.6 Å². The van der Waals surface area contributed by atoms with E-state index >= 15 is 0 Å². The molecule has 0 atom stereocenters. The van der Waals surface area contributed by atoms with Gasteiger partial charge in [-0.1, -0.05) is 24.3 Å². The summed E-state index contributed by atoms with van der Waals surface area (Å²) in [6.45, 7) is 5.70. The number of aliphatic imine (C=N–C) groups is 1. The first-order chi connectivity index (χ1) is 14.4. The second kappa shape index (κ2) is 12.2. The molecule has 0 unspecified atom stereocenters. The van der Waals surface area contributed by atoms with Crippen LogP contribution in [0.4, 0.5) is 13.2 Å². The Kier molecular flexibility index (Phi) is 9.66. The van der Waals surface area contributed by atoms with Gasteiger partial charge in [0.1, 0.15) is 12.4 Å². The number of hydrogen-bond donors (Lipinski definition) is 2. The average Bonchev–Trinajstić information content (AvgIpc) is 3.10. The van der Waals surface area contributed by atoms with Gasteiger partial charge >= 0.3 is 6.18 Å². The molecule has 0 saturated carbocycles. The Balaban J connectivity index is 1.73. The van der Waals surface area contributed by atoms with Crippen LogP contribution in [0.2, 0.25) is 0 Å². The van der Waals surface area contributed by atoms with E-state index < -0.39 is 12.8 Å². The van der Waals surface area contributed by atoms with Crippen LogP contribution in [0.1, 0.15) is 36.7 Å². The molecule has 1 aromatic carbocycles. The van der Waals surface area contributed by atoms with Gasteiger partial charge in [0, 0.05) is 32.0 Å². The van der Waals surface area contributed by atoms with Crippen LogP contribution in [-0.2, 0) is 24.4 Å². The molecule has 0 aliphatic rings. The Bertz CT molecular complexity index is 772. The quantitative estimate of drug-likeness (QED) is 0.327. The minimum absolute atomic E-state index is 0.0636. The number of benzene rings is 1. The molecular formula is C21H30F3N5O. The summed E-state index contributed by atoms with van der Waals surface area (Å²) in [5.74, 6) is 1.77. The second-order valence-corrected chi connectivity index (χ2v) is 6.92. The summed E-state index contributed by atoms with van der Waals surface area (Å²) in [6, 6.07) is 7.24. The number of hydrogen-bond acceptors (Lipinski definition) is 3. The number of aryl methyl sites for hydroxylation is 2. The van der Waals surface area contributed by atoms with Crippen molar-refractivity contribution in [1.82, 2.24) is 20.2 Å². The molecule has 2 N–H and O–H groups in total. The minimum atomic E-state index is -4.30. The van der Waals surface area contributed by atoms with Gasteiger partial charge in [-0.2, -0.15) is 13.2 Å². The minimum Gasteiger partial charge on any atom is -0.367 e. The van der Waals surface area contributed by atoms with Crippen molar-refractivity contribution in [3.63, 3.8) is 0 Å². The summed E-state index contributed by atoms with van der Waals surface area (Å²) >= 11 is 0. The van der Waals surface area contributed by atoms with Crippen LogP contribution in [-0.4, -0.2) is 41.4 Å². The third kappa shape index (κ3) is 9.30. The van der Waals surface area contributed by atoms with Crippen molar-refractivity contribution in [3.8, 4) is 0 Å². The third-order valence-electron chi connectivity index (χ3n) is 4.36. The number of nitrogens with zero attached hydrogens (tertiary/aromatic N) is 3. The molecule has 0 saturated heterocycles. The highest BCUT2D eigenvalue weighted by Gasteiger charge is 2.27. The predicted molar refractivity (Wildman–Crippen MR) is 111 cm³/mol. The first-order valence-corrected chi connectivity index (χ1v) is 10.1. The van der Waals surface area contributed by atoms with Crippen LogP contribution in [0.5, 0.6) is 0 Å². The van der Waals surface area contributed by atoms with Gasteiger partial charge < -0.3 is 19.9 Å². The zero-order valence-electron chi connectivity index (χ0n) is 17.5. The SMILES string of the molecule is CCNC(=NCc1ccc(COCC(F)(F)F)cc1)NCCCCn1ccnc1C. The van der Waals surface area contributed by atoms with Crippen molar-refractivity contribution in [1.29, 1.82) is 0 Å². The zero-order valence-corrected chi connectivity index (χ0v) is 17.5. The standard InChI is InChI=1S/C21H30F3N5O/c1-3-25-20(27-10-4-5-12-29-13-11-26-17(29)2)28-14-18-6-8-19(9-7-18)15-30-16-21(22,23)24/h6-9,11,13H,3-5,10,12,14-16H2,1-2H3,(H2,25,27,28). The molecule has 0 amide bonds. The van der Waals surface area contributed by atoms with Crippen LogP contribution in [0, 0.1) is 6.92 Å². The molecule has 2 rings (SSSR count). The largest absolute Gasteiger partial charge is 0.411 e. The third-order valence-corrected chi connectivity index (χ3v) is 4.36. The fourth-order valence-corrected chi connectivity index (χ4v) is 2.79. The smallest absolute Gasteiger partial charge is 0.367 e. The van der Waals surface area contributed by atoms with E-state index in [0.717, 1.165) is 49.8 Å². The molecule has 1 aromatic heterocycles. The van der Waals surface area contributed by atoms with Crippen LogP contribution in [0.15, 0.2) is 41.7 Å². The summed E-state index contributed by atoms with van der Waals surface area (Å²) in [4.78, 5) is 8.79. The van der Waals surface area contributed by atoms with Crippen LogP contribution >= 0.6 is 0 Å². The lowest BCUT2D eigenvalue weighted by Gasteiger charge is -2.12. The van der Waals surface area contributed by atoms with E-state index in [1.807, 2.05) is 38.4 Å². The van der Waals surface area contributed by atoms with E-state index in [1.54, 1.807) is 12.1 Å². The van der Waals surface area contributed by atoms with E-state index in [1.165, 1.54) is 0 Å². The fraction of sp³-hybridized carbons (Fsp3) is 0.524. The maximum atomic E-state index is 12.1. The van der Waals surface area contributed by atoms with Gasteiger partial charge in [0.2, 0.25) is 0 Å². The molecule has 0 spiro atoms. The van der Waals surface area contributed by atoms with Gasteiger partial charge in [0.05, 0.1) is 13.2 Å². The lowest BCUT2D eigenvalue weighted by Crippen LogP contribution is -2.37. The Labute approximate surface area is 175 Å². The number of rotatable bonds is 11. The van der Waals surface area contributed by atoms with Gasteiger partial charge in [-0.3, -0.25) is 0 Å². The first-order valence-electron chi connectivity index (χ1n) is 10.1.